The lowest BCUT2D eigenvalue weighted by Gasteiger charge is -2.10. The first-order valence-corrected chi connectivity index (χ1v) is 9.45. The first-order valence-electron chi connectivity index (χ1n) is 9.45. The van der Waals surface area contributed by atoms with Crippen LogP contribution in [0.2, 0.25) is 0 Å². The van der Waals surface area contributed by atoms with Crippen molar-refractivity contribution >= 4 is 23.1 Å². The second-order valence-corrected chi connectivity index (χ2v) is 6.43. The summed E-state index contributed by atoms with van der Waals surface area (Å²) in [6.45, 7) is -0.107. The maximum atomic E-state index is 12.2. The Morgan fingerprint density at radius 3 is 2.58 bits per heavy atom. The second kappa shape index (κ2) is 9.40. The number of aromatic nitrogens is 4. The minimum Gasteiger partial charge on any atom is -0.497 e. The summed E-state index contributed by atoms with van der Waals surface area (Å²) in [5.41, 5.74) is 1.47. The normalized spacial score (nSPS) is 10.4. The molecular formula is C22H20N6O3. The first-order chi connectivity index (χ1) is 15.2. The van der Waals surface area contributed by atoms with Gasteiger partial charge in [0.2, 0.25) is 0 Å². The Balaban J connectivity index is 1.32. The minimum absolute atomic E-state index is 0.107. The van der Waals surface area contributed by atoms with Gasteiger partial charge < -0.3 is 20.1 Å². The van der Waals surface area contributed by atoms with E-state index in [1.54, 1.807) is 54.4 Å². The molecule has 0 radical (unpaired) electrons. The molecule has 2 heterocycles. The number of hydrogen-bond donors (Lipinski definition) is 2. The Hall–Kier alpha value is -4.40. The summed E-state index contributed by atoms with van der Waals surface area (Å²) in [4.78, 5) is 20.6. The molecule has 0 saturated carbocycles. The number of nitrogens with zero attached hydrogens (tertiary/aromatic N) is 4. The van der Waals surface area contributed by atoms with Crippen molar-refractivity contribution in [3.05, 3.63) is 79.4 Å². The highest BCUT2D eigenvalue weighted by molar-refractivity contribution is 5.92. The van der Waals surface area contributed by atoms with Crippen molar-refractivity contribution in [2.45, 2.75) is 0 Å². The van der Waals surface area contributed by atoms with E-state index in [1.165, 1.54) is 6.33 Å². The summed E-state index contributed by atoms with van der Waals surface area (Å²) in [6.07, 6.45) is 4.96. The predicted octanol–water partition coefficient (Wildman–Crippen LogP) is 3.43. The fourth-order valence-corrected chi connectivity index (χ4v) is 2.77. The van der Waals surface area contributed by atoms with Crippen LogP contribution in [0.5, 0.6) is 11.5 Å². The van der Waals surface area contributed by atoms with E-state index >= 15 is 0 Å². The minimum atomic E-state index is -0.261. The molecule has 2 N–H and O–H groups in total. The van der Waals surface area contributed by atoms with Gasteiger partial charge in [-0.3, -0.25) is 4.79 Å². The van der Waals surface area contributed by atoms with Gasteiger partial charge in [0.1, 0.15) is 23.6 Å². The number of methoxy groups -OCH3 is 1. The van der Waals surface area contributed by atoms with E-state index in [1.807, 2.05) is 30.5 Å². The zero-order valence-corrected chi connectivity index (χ0v) is 16.7. The zero-order chi connectivity index (χ0) is 21.5. The molecule has 0 aliphatic heterocycles. The van der Waals surface area contributed by atoms with Gasteiger partial charge in [-0.1, -0.05) is 6.07 Å². The Labute approximate surface area is 178 Å². The van der Waals surface area contributed by atoms with Crippen LogP contribution < -0.4 is 20.1 Å². The molecule has 2 aromatic heterocycles. The molecule has 9 heteroatoms. The molecule has 0 bridgehead atoms. The molecule has 0 atom stereocenters. The van der Waals surface area contributed by atoms with Crippen molar-refractivity contribution in [2.75, 3.05) is 24.4 Å². The summed E-state index contributed by atoms with van der Waals surface area (Å²) in [7, 11) is 1.58. The van der Waals surface area contributed by atoms with Crippen LogP contribution in [-0.4, -0.2) is 39.4 Å². The summed E-state index contributed by atoms with van der Waals surface area (Å²) in [5.74, 6) is 2.25. The van der Waals surface area contributed by atoms with Crippen LogP contribution in [0.25, 0.3) is 5.82 Å². The van der Waals surface area contributed by atoms with Crippen molar-refractivity contribution in [3.63, 3.8) is 0 Å². The fourth-order valence-electron chi connectivity index (χ4n) is 2.77. The van der Waals surface area contributed by atoms with Gasteiger partial charge in [0.15, 0.2) is 12.4 Å². The van der Waals surface area contributed by atoms with E-state index in [0.717, 1.165) is 5.69 Å². The molecule has 0 aliphatic carbocycles. The molecule has 0 spiro atoms. The Morgan fingerprint density at radius 2 is 1.81 bits per heavy atom. The third-order valence-electron chi connectivity index (χ3n) is 4.24. The number of anilines is 3. The summed E-state index contributed by atoms with van der Waals surface area (Å²) >= 11 is 0. The molecule has 0 unspecified atom stereocenters. The quantitative estimate of drug-likeness (QED) is 0.454. The van der Waals surface area contributed by atoms with Gasteiger partial charge in [-0.2, -0.15) is 5.10 Å². The zero-order valence-electron chi connectivity index (χ0n) is 16.7. The van der Waals surface area contributed by atoms with E-state index in [2.05, 4.69) is 25.7 Å². The summed E-state index contributed by atoms with van der Waals surface area (Å²) in [5, 5.41) is 10.2. The number of amides is 1. The number of benzene rings is 2. The molecule has 0 fully saturated rings. The molecule has 4 rings (SSSR count). The second-order valence-electron chi connectivity index (χ2n) is 6.43. The fraction of sp³-hybridized carbons (Fsp3) is 0.0909. The van der Waals surface area contributed by atoms with Gasteiger partial charge in [0.05, 0.1) is 7.11 Å². The molecule has 0 saturated heterocycles. The summed E-state index contributed by atoms with van der Waals surface area (Å²) in [6, 6.07) is 18.0. The van der Waals surface area contributed by atoms with Crippen LogP contribution in [-0.2, 0) is 4.79 Å². The van der Waals surface area contributed by atoms with Crippen LogP contribution in [0.4, 0.5) is 17.2 Å². The van der Waals surface area contributed by atoms with Crippen molar-refractivity contribution < 1.29 is 14.3 Å². The maximum absolute atomic E-state index is 12.2. The van der Waals surface area contributed by atoms with Crippen LogP contribution >= 0.6 is 0 Å². The van der Waals surface area contributed by atoms with Gasteiger partial charge in [0, 0.05) is 35.9 Å². The number of carbonyl (C=O) groups excluding carboxylic acids is 1. The molecule has 1 amide bonds. The number of hydrogen-bond acceptors (Lipinski definition) is 7. The third-order valence-corrected chi connectivity index (χ3v) is 4.24. The van der Waals surface area contributed by atoms with Crippen molar-refractivity contribution in [2.24, 2.45) is 0 Å². The standard InChI is InChI=1S/C22H20N6O3/c1-30-18-4-2-5-19(12-18)31-14-22(29)27-17-8-6-16(7-9-17)26-20-13-21(24-15-23-20)28-11-3-10-25-28/h2-13,15H,14H2,1H3,(H,27,29)(H,23,24,26). The highest BCUT2D eigenvalue weighted by Gasteiger charge is 2.06. The van der Waals surface area contributed by atoms with Crippen molar-refractivity contribution in [3.8, 4) is 17.3 Å². The molecule has 9 nitrogen and oxygen atoms in total. The first kappa shape index (κ1) is 19.9. The monoisotopic (exact) mass is 416 g/mol. The molecular weight excluding hydrogens is 396 g/mol. The summed E-state index contributed by atoms with van der Waals surface area (Å²) < 4.78 is 12.3. The Kier molecular flexibility index (Phi) is 6.03. The molecule has 0 aliphatic rings. The number of ether oxygens (including phenoxy) is 2. The largest absolute Gasteiger partial charge is 0.497 e. The number of carbonyl (C=O) groups is 1. The highest BCUT2D eigenvalue weighted by Crippen LogP contribution is 2.20. The van der Waals surface area contributed by atoms with Gasteiger partial charge in [-0.15, -0.1) is 0 Å². The SMILES string of the molecule is COc1cccc(OCC(=O)Nc2ccc(Nc3cc(-n4cccn4)ncn3)cc2)c1. The molecule has 31 heavy (non-hydrogen) atoms. The topological polar surface area (TPSA) is 103 Å². The molecule has 4 aromatic rings. The average Bonchev–Trinajstić information content (AvgIpc) is 3.35. The Bertz CT molecular complexity index is 1150. The van der Waals surface area contributed by atoms with Gasteiger partial charge in [0.25, 0.3) is 5.91 Å². The van der Waals surface area contributed by atoms with E-state index in [-0.39, 0.29) is 12.5 Å². The van der Waals surface area contributed by atoms with Crippen molar-refractivity contribution in [1.82, 2.24) is 19.7 Å². The van der Waals surface area contributed by atoms with Gasteiger partial charge in [-0.25, -0.2) is 14.6 Å². The lowest BCUT2D eigenvalue weighted by Crippen LogP contribution is -2.20. The maximum Gasteiger partial charge on any atom is 0.262 e. The molecule has 156 valence electrons. The number of rotatable bonds is 8. The van der Waals surface area contributed by atoms with Crippen LogP contribution in [0, 0.1) is 0 Å². The van der Waals surface area contributed by atoms with Gasteiger partial charge in [-0.05, 0) is 42.5 Å². The van der Waals surface area contributed by atoms with E-state index in [4.69, 9.17) is 9.47 Å². The highest BCUT2D eigenvalue weighted by atomic mass is 16.5. The van der Waals surface area contributed by atoms with Crippen LogP contribution in [0.3, 0.4) is 0 Å². The van der Waals surface area contributed by atoms with Gasteiger partial charge >= 0.3 is 0 Å². The Morgan fingerprint density at radius 1 is 1.00 bits per heavy atom. The van der Waals surface area contributed by atoms with E-state index < -0.39 is 0 Å². The van der Waals surface area contributed by atoms with Crippen molar-refractivity contribution in [1.29, 1.82) is 0 Å². The third kappa shape index (κ3) is 5.36. The van der Waals surface area contributed by atoms with E-state index in [9.17, 15) is 4.79 Å². The number of nitrogens with one attached hydrogen (secondary N) is 2. The smallest absolute Gasteiger partial charge is 0.262 e. The average molecular weight is 416 g/mol. The van der Waals surface area contributed by atoms with E-state index in [0.29, 0.717) is 28.8 Å². The lowest BCUT2D eigenvalue weighted by molar-refractivity contribution is -0.118. The van der Waals surface area contributed by atoms with Crippen LogP contribution in [0.1, 0.15) is 0 Å². The van der Waals surface area contributed by atoms with Crippen LogP contribution in [0.15, 0.2) is 79.4 Å². The lowest BCUT2D eigenvalue weighted by atomic mass is 10.2. The predicted molar refractivity (Wildman–Crippen MR) is 116 cm³/mol. The molecule has 2 aromatic carbocycles.